The molecule has 1 unspecified atom stereocenters. The zero-order valence-corrected chi connectivity index (χ0v) is 17.4. The largest absolute Gasteiger partial charge is 0.349 e. The Hall–Kier alpha value is -1.47. The molecular weight excluding hydrogens is 352 g/mol. The van der Waals surface area contributed by atoms with Gasteiger partial charge < -0.3 is 19.7 Å². The molecule has 0 spiro atoms. The maximum atomic E-state index is 12.5. The molecule has 1 saturated heterocycles. The van der Waals surface area contributed by atoms with Crippen LogP contribution in [0, 0.1) is 11.8 Å². The number of fused-ring (bicyclic) bond motifs is 1. The third kappa shape index (κ3) is 4.92. The van der Waals surface area contributed by atoms with E-state index in [0.29, 0.717) is 6.54 Å². The third-order valence-corrected chi connectivity index (χ3v) is 6.85. The zero-order valence-electron chi connectivity index (χ0n) is 17.4. The Kier molecular flexibility index (Phi) is 6.62. The summed E-state index contributed by atoms with van der Waals surface area (Å²) in [4.78, 5) is 17.4. The van der Waals surface area contributed by atoms with Crippen molar-refractivity contribution in [2.75, 3.05) is 39.8 Å². The molecule has 1 atom stereocenters. The molecule has 3 aliphatic rings. The van der Waals surface area contributed by atoms with Gasteiger partial charge in [0.2, 0.25) is 5.91 Å². The van der Waals surface area contributed by atoms with Crippen molar-refractivity contribution in [3.8, 4) is 0 Å². The lowest BCUT2D eigenvalue weighted by Gasteiger charge is -2.28. The van der Waals surface area contributed by atoms with Crippen LogP contribution in [0.4, 0.5) is 0 Å². The molecule has 28 heavy (non-hydrogen) atoms. The van der Waals surface area contributed by atoms with Gasteiger partial charge in [0.1, 0.15) is 5.82 Å². The van der Waals surface area contributed by atoms with Crippen molar-refractivity contribution >= 4 is 5.91 Å². The van der Waals surface area contributed by atoms with Crippen LogP contribution in [0.2, 0.25) is 0 Å². The van der Waals surface area contributed by atoms with E-state index in [1.807, 2.05) is 0 Å². The predicted molar refractivity (Wildman–Crippen MR) is 109 cm³/mol. The van der Waals surface area contributed by atoms with Crippen LogP contribution < -0.4 is 5.32 Å². The highest BCUT2D eigenvalue weighted by molar-refractivity contribution is 5.78. The van der Waals surface area contributed by atoms with Crippen molar-refractivity contribution in [3.05, 3.63) is 11.6 Å². The maximum Gasteiger partial charge on any atom is 0.224 e. The fraction of sp³-hybridized carbons (Fsp3) is 0.857. The lowest BCUT2D eigenvalue weighted by atomic mass is 9.89. The summed E-state index contributed by atoms with van der Waals surface area (Å²) in [6, 6.07) is 0. The summed E-state index contributed by atoms with van der Waals surface area (Å²) in [5, 5.41) is 11.9. The van der Waals surface area contributed by atoms with E-state index in [4.69, 9.17) is 0 Å². The van der Waals surface area contributed by atoms with E-state index in [0.717, 1.165) is 69.6 Å². The number of likely N-dealkylation sites (tertiary alicyclic amines) is 1. The molecule has 1 amide bonds. The number of nitrogens with one attached hydrogen (secondary N) is 1. The Morgan fingerprint density at radius 1 is 1.04 bits per heavy atom. The molecule has 0 aromatic carbocycles. The lowest BCUT2D eigenvalue weighted by molar-refractivity contribution is -0.126. The Balaban J connectivity index is 1.29. The topological polar surface area (TPSA) is 66.3 Å². The molecule has 2 fully saturated rings. The Bertz CT molecular complexity index is 653. The van der Waals surface area contributed by atoms with Crippen molar-refractivity contribution < 1.29 is 4.79 Å². The summed E-state index contributed by atoms with van der Waals surface area (Å²) in [6.07, 6.45) is 10.1. The Labute approximate surface area is 168 Å². The number of amides is 1. The van der Waals surface area contributed by atoms with Crippen LogP contribution in [0.25, 0.3) is 0 Å². The molecule has 0 radical (unpaired) electrons. The minimum atomic E-state index is 0.108. The Morgan fingerprint density at radius 3 is 2.71 bits per heavy atom. The second kappa shape index (κ2) is 9.35. The monoisotopic (exact) mass is 388 g/mol. The van der Waals surface area contributed by atoms with Gasteiger partial charge in [-0.05, 0) is 45.2 Å². The van der Waals surface area contributed by atoms with Gasteiger partial charge in [0.25, 0.3) is 0 Å². The average molecular weight is 389 g/mol. The number of carbonyl (C=O) groups excluding carboxylic acids is 1. The molecule has 1 aromatic heterocycles. The first-order valence-corrected chi connectivity index (χ1v) is 11.3. The van der Waals surface area contributed by atoms with Crippen LogP contribution in [-0.2, 0) is 24.3 Å². The number of piperidine rings is 1. The molecule has 2 aliphatic heterocycles. The standard InChI is InChI=1S/C21H36N6O/c1-25-10-5-8-18(16-25)21(28)22-14-20-24-23-19-9-11-26(12-13-27(19)20)15-17-6-3-2-4-7-17/h17-18H,2-16H2,1H3,(H,22,28). The predicted octanol–water partition coefficient (Wildman–Crippen LogP) is 1.67. The summed E-state index contributed by atoms with van der Waals surface area (Å²) in [5.41, 5.74) is 0. The second-order valence-electron chi connectivity index (χ2n) is 9.06. The summed E-state index contributed by atoms with van der Waals surface area (Å²) >= 11 is 0. The van der Waals surface area contributed by atoms with E-state index in [9.17, 15) is 4.79 Å². The van der Waals surface area contributed by atoms with Gasteiger partial charge in [0.15, 0.2) is 5.82 Å². The highest BCUT2D eigenvalue weighted by Crippen LogP contribution is 2.25. The van der Waals surface area contributed by atoms with Gasteiger partial charge >= 0.3 is 0 Å². The van der Waals surface area contributed by atoms with Crippen molar-refractivity contribution in [3.63, 3.8) is 0 Å². The van der Waals surface area contributed by atoms with Crippen molar-refractivity contribution in [1.29, 1.82) is 0 Å². The number of carbonyl (C=O) groups is 1. The van der Waals surface area contributed by atoms with Gasteiger partial charge in [-0.1, -0.05) is 19.3 Å². The first-order valence-electron chi connectivity index (χ1n) is 11.3. The second-order valence-corrected chi connectivity index (χ2v) is 9.06. The van der Waals surface area contributed by atoms with E-state index in [-0.39, 0.29) is 11.8 Å². The molecule has 1 saturated carbocycles. The molecule has 0 bridgehead atoms. The van der Waals surface area contributed by atoms with Crippen LogP contribution in [0.5, 0.6) is 0 Å². The molecule has 1 N–H and O–H groups in total. The molecule has 3 heterocycles. The van der Waals surface area contributed by atoms with E-state index in [2.05, 4.69) is 36.9 Å². The molecule has 156 valence electrons. The van der Waals surface area contributed by atoms with Crippen LogP contribution in [0.15, 0.2) is 0 Å². The molecule has 7 nitrogen and oxygen atoms in total. The summed E-state index contributed by atoms with van der Waals surface area (Å²) in [6.45, 7) is 6.77. The highest BCUT2D eigenvalue weighted by atomic mass is 16.1. The van der Waals surface area contributed by atoms with Crippen LogP contribution in [0.1, 0.15) is 56.6 Å². The van der Waals surface area contributed by atoms with Crippen molar-refractivity contribution in [1.82, 2.24) is 29.9 Å². The minimum absolute atomic E-state index is 0.108. The molecule has 1 aliphatic carbocycles. The van der Waals surface area contributed by atoms with E-state index in [1.54, 1.807) is 0 Å². The number of nitrogens with zero attached hydrogens (tertiary/aromatic N) is 5. The quantitative estimate of drug-likeness (QED) is 0.831. The molecule has 1 aromatic rings. The minimum Gasteiger partial charge on any atom is -0.349 e. The fourth-order valence-electron chi connectivity index (χ4n) is 5.17. The number of rotatable bonds is 5. The van der Waals surface area contributed by atoms with Gasteiger partial charge in [-0.2, -0.15) is 0 Å². The molecule has 4 rings (SSSR count). The van der Waals surface area contributed by atoms with Gasteiger partial charge in [-0.15, -0.1) is 10.2 Å². The molecular formula is C21H36N6O. The number of hydrogen-bond donors (Lipinski definition) is 1. The van der Waals surface area contributed by atoms with Gasteiger partial charge in [0.05, 0.1) is 12.5 Å². The first-order chi connectivity index (χ1) is 13.7. The van der Waals surface area contributed by atoms with E-state index in [1.165, 1.54) is 38.6 Å². The third-order valence-electron chi connectivity index (χ3n) is 6.85. The normalized spacial score (nSPS) is 25.2. The van der Waals surface area contributed by atoms with E-state index < -0.39 is 0 Å². The summed E-state index contributed by atoms with van der Waals surface area (Å²) in [7, 11) is 2.09. The van der Waals surface area contributed by atoms with Crippen molar-refractivity contribution in [2.45, 2.75) is 64.5 Å². The van der Waals surface area contributed by atoms with Crippen LogP contribution >= 0.6 is 0 Å². The first kappa shape index (κ1) is 19.8. The fourth-order valence-corrected chi connectivity index (χ4v) is 5.17. The van der Waals surface area contributed by atoms with Crippen LogP contribution in [-0.4, -0.2) is 70.2 Å². The zero-order chi connectivity index (χ0) is 19.3. The molecule has 7 heteroatoms. The SMILES string of the molecule is CN1CCCC(C(=O)NCc2nnc3n2CCN(CC2CCCCC2)CC3)C1. The average Bonchev–Trinajstić information content (AvgIpc) is 2.99. The van der Waals surface area contributed by atoms with Crippen LogP contribution in [0.3, 0.4) is 0 Å². The number of hydrogen-bond acceptors (Lipinski definition) is 5. The smallest absolute Gasteiger partial charge is 0.224 e. The number of aromatic nitrogens is 3. The van der Waals surface area contributed by atoms with Gasteiger partial charge in [0, 0.05) is 39.1 Å². The van der Waals surface area contributed by atoms with E-state index >= 15 is 0 Å². The summed E-state index contributed by atoms with van der Waals surface area (Å²) in [5.74, 6) is 3.14. The maximum absolute atomic E-state index is 12.5. The van der Waals surface area contributed by atoms with Gasteiger partial charge in [-0.3, -0.25) is 4.79 Å². The lowest BCUT2D eigenvalue weighted by Crippen LogP contribution is -2.41. The van der Waals surface area contributed by atoms with Gasteiger partial charge in [-0.25, -0.2) is 0 Å². The van der Waals surface area contributed by atoms with Crippen molar-refractivity contribution in [2.24, 2.45) is 11.8 Å². The highest BCUT2D eigenvalue weighted by Gasteiger charge is 2.25. The Morgan fingerprint density at radius 2 is 1.89 bits per heavy atom. The summed E-state index contributed by atoms with van der Waals surface area (Å²) < 4.78 is 2.24.